The van der Waals surface area contributed by atoms with Crippen molar-refractivity contribution in [2.75, 3.05) is 30.2 Å². The zero-order valence-electron chi connectivity index (χ0n) is 19.7. The Morgan fingerprint density at radius 1 is 1.15 bits per heavy atom. The third kappa shape index (κ3) is 7.26. The number of carbonyl (C=O) groups is 1. The predicted octanol–water partition coefficient (Wildman–Crippen LogP) is 3.36. The summed E-state index contributed by atoms with van der Waals surface area (Å²) in [6.07, 6.45) is 3.98. The van der Waals surface area contributed by atoms with Crippen LogP contribution in [0.15, 0.2) is 42.5 Å². The maximum Gasteiger partial charge on any atom is 0.271 e. The van der Waals surface area contributed by atoms with Gasteiger partial charge >= 0.3 is 0 Å². The topological polar surface area (TPSA) is 113 Å². The molecule has 1 amide bonds. The van der Waals surface area contributed by atoms with E-state index in [4.69, 9.17) is 0 Å². The maximum atomic E-state index is 12.4. The summed E-state index contributed by atoms with van der Waals surface area (Å²) in [5.41, 5.74) is 2.93. The van der Waals surface area contributed by atoms with E-state index in [-0.39, 0.29) is 36.7 Å². The number of nitro groups is 1. The van der Waals surface area contributed by atoms with Gasteiger partial charge < -0.3 is 5.32 Å². The van der Waals surface area contributed by atoms with Gasteiger partial charge in [0.15, 0.2) is 0 Å². The third-order valence-corrected chi connectivity index (χ3v) is 7.10. The molecule has 1 aliphatic heterocycles. The second-order valence-corrected chi connectivity index (χ2v) is 10.7. The summed E-state index contributed by atoms with van der Waals surface area (Å²) in [5, 5.41) is 14.0. The number of nitrogens with one attached hydrogen (secondary N) is 1. The van der Waals surface area contributed by atoms with Crippen molar-refractivity contribution >= 4 is 27.3 Å². The molecule has 0 aliphatic carbocycles. The molecule has 0 spiro atoms. The molecule has 9 nitrogen and oxygen atoms in total. The van der Waals surface area contributed by atoms with E-state index < -0.39 is 14.9 Å². The number of carbonyl (C=O) groups excluding carboxylic acids is 1. The number of rotatable bonds is 11. The predicted molar refractivity (Wildman–Crippen MR) is 132 cm³/mol. The first-order valence-corrected chi connectivity index (χ1v) is 13.3. The Labute approximate surface area is 201 Å². The normalized spacial score (nSPS) is 14.2. The van der Waals surface area contributed by atoms with Crippen LogP contribution in [0.25, 0.3) is 0 Å². The average Bonchev–Trinajstić information content (AvgIpc) is 3.28. The van der Waals surface area contributed by atoms with Gasteiger partial charge in [-0.05, 0) is 56.0 Å². The van der Waals surface area contributed by atoms with Crippen LogP contribution in [0.3, 0.4) is 0 Å². The summed E-state index contributed by atoms with van der Waals surface area (Å²) >= 11 is 0. The lowest BCUT2D eigenvalue weighted by atomic mass is 10.1. The summed E-state index contributed by atoms with van der Waals surface area (Å²) in [6.45, 7) is 5.33. The third-order valence-electron chi connectivity index (χ3n) is 5.92. The first-order chi connectivity index (χ1) is 16.1. The van der Waals surface area contributed by atoms with Crippen LogP contribution >= 0.6 is 0 Å². The summed E-state index contributed by atoms with van der Waals surface area (Å²) in [6, 6.07) is 12.3. The van der Waals surface area contributed by atoms with E-state index >= 15 is 0 Å². The Morgan fingerprint density at radius 3 is 2.53 bits per heavy atom. The van der Waals surface area contributed by atoms with E-state index in [2.05, 4.69) is 22.3 Å². The van der Waals surface area contributed by atoms with Crippen molar-refractivity contribution < 1.29 is 18.1 Å². The van der Waals surface area contributed by atoms with Gasteiger partial charge in [-0.3, -0.25) is 24.1 Å². The van der Waals surface area contributed by atoms with Gasteiger partial charge in [-0.25, -0.2) is 8.42 Å². The van der Waals surface area contributed by atoms with Crippen molar-refractivity contribution in [2.45, 2.75) is 45.7 Å². The molecule has 2 aromatic rings. The van der Waals surface area contributed by atoms with Crippen molar-refractivity contribution in [1.29, 1.82) is 0 Å². The number of sulfonamides is 1. The van der Waals surface area contributed by atoms with Gasteiger partial charge in [-0.2, -0.15) is 0 Å². The molecular formula is C24H32N4O5S. The molecular weight excluding hydrogens is 456 g/mol. The lowest BCUT2D eigenvalue weighted by Crippen LogP contribution is -2.32. The molecule has 2 aromatic carbocycles. The number of anilines is 1. The molecule has 0 saturated carbocycles. The zero-order chi connectivity index (χ0) is 24.7. The minimum atomic E-state index is -3.68. The quantitative estimate of drug-likeness (QED) is 0.383. The number of benzene rings is 2. The molecule has 1 saturated heterocycles. The van der Waals surface area contributed by atoms with E-state index in [0.29, 0.717) is 12.1 Å². The second-order valence-electron chi connectivity index (χ2n) is 8.75. The highest BCUT2D eigenvalue weighted by Crippen LogP contribution is 2.27. The lowest BCUT2D eigenvalue weighted by molar-refractivity contribution is -0.384. The SMILES string of the molecule is Cc1ccc([N+](=O)[O-])cc1N(CCCC(=O)NCc1cccc(CN2CCCC2)c1)S(C)(=O)=O. The van der Waals surface area contributed by atoms with Crippen LogP contribution in [0, 0.1) is 17.0 Å². The second kappa shape index (κ2) is 11.4. The maximum absolute atomic E-state index is 12.4. The number of hydrogen-bond acceptors (Lipinski definition) is 6. The molecule has 1 aliphatic rings. The zero-order valence-corrected chi connectivity index (χ0v) is 20.5. The average molecular weight is 489 g/mol. The molecule has 10 heteroatoms. The number of hydrogen-bond donors (Lipinski definition) is 1. The van der Waals surface area contributed by atoms with E-state index in [1.54, 1.807) is 6.92 Å². The minimum absolute atomic E-state index is 0.0551. The van der Waals surface area contributed by atoms with Gasteiger partial charge in [0, 0.05) is 38.2 Å². The first kappa shape index (κ1) is 25.6. The van der Waals surface area contributed by atoms with Crippen LogP contribution in [0.2, 0.25) is 0 Å². The van der Waals surface area contributed by atoms with Crippen LogP contribution in [0.4, 0.5) is 11.4 Å². The van der Waals surface area contributed by atoms with Crippen LogP contribution in [0.5, 0.6) is 0 Å². The van der Waals surface area contributed by atoms with Gasteiger partial charge in [0.25, 0.3) is 5.69 Å². The van der Waals surface area contributed by atoms with Crippen molar-refractivity contribution in [3.8, 4) is 0 Å². The van der Waals surface area contributed by atoms with Gasteiger partial charge in [-0.15, -0.1) is 0 Å². The van der Waals surface area contributed by atoms with E-state index in [0.717, 1.165) is 35.8 Å². The Hall–Kier alpha value is -2.98. The van der Waals surface area contributed by atoms with Crippen molar-refractivity contribution in [1.82, 2.24) is 10.2 Å². The highest BCUT2D eigenvalue weighted by molar-refractivity contribution is 7.92. The Morgan fingerprint density at radius 2 is 1.85 bits per heavy atom. The summed E-state index contributed by atoms with van der Waals surface area (Å²) in [4.78, 5) is 25.4. The molecule has 0 atom stereocenters. The molecule has 1 N–H and O–H groups in total. The van der Waals surface area contributed by atoms with Crippen LogP contribution in [0.1, 0.15) is 42.4 Å². The Balaban J connectivity index is 1.54. The van der Waals surface area contributed by atoms with Gasteiger partial charge in [0.2, 0.25) is 15.9 Å². The van der Waals surface area contributed by atoms with Crippen LogP contribution in [-0.4, -0.2) is 50.0 Å². The van der Waals surface area contributed by atoms with Crippen molar-refractivity contribution in [3.05, 3.63) is 69.3 Å². The van der Waals surface area contributed by atoms with Crippen molar-refractivity contribution in [3.63, 3.8) is 0 Å². The fourth-order valence-electron chi connectivity index (χ4n) is 4.15. The molecule has 0 aromatic heterocycles. The lowest BCUT2D eigenvalue weighted by Gasteiger charge is -2.24. The fourth-order valence-corrected chi connectivity index (χ4v) is 5.17. The number of aryl methyl sites for hydroxylation is 1. The molecule has 0 bridgehead atoms. The monoisotopic (exact) mass is 488 g/mol. The van der Waals surface area contributed by atoms with E-state index in [1.165, 1.54) is 36.6 Å². The number of nitro benzene ring substituents is 1. The van der Waals surface area contributed by atoms with Gasteiger partial charge in [0.05, 0.1) is 16.9 Å². The molecule has 184 valence electrons. The van der Waals surface area contributed by atoms with E-state index in [9.17, 15) is 23.3 Å². The standard InChI is InChI=1S/C24H32N4O5S/c1-19-10-11-22(28(30)31)16-23(19)27(34(2,32)33)14-6-9-24(29)25-17-20-7-5-8-21(15-20)18-26-12-3-4-13-26/h5,7-8,10-11,15-16H,3-4,6,9,12-14,17-18H2,1-2H3,(H,25,29). The summed E-state index contributed by atoms with van der Waals surface area (Å²) in [5.74, 6) is -0.172. The molecule has 34 heavy (non-hydrogen) atoms. The Kier molecular flexibility index (Phi) is 8.62. The smallest absolute Gasteiger partial charge is 0.271 e. The van der Waals surface area contributed by atoms with Crippen LogP contribution in [-0.2, 0) is 27.9 Å². The largest absolute Gasteiger partial charge is 0.352 e. The number of amides is 1. The summed E-state index contributed by atoms with van der Waals surface area (Å²) < 4.78 is 25.8. The first-order valence-electron chi connectivity index (χ1n) is 11.4. The minimum Gasteiger partial charge on any atom is -0.352 e. The number of nitrogens with zero attached hydrogens (tertiary/aromatic N) is 3. The number of likely N-dealkylation sites (tertiary alicyclic amines) is 1. The fraction of sp³-hybridized carbons (Fsp3) is 0.458. The molecule has 0 radical (unpaired) electrons. The molecule has 0 unspecified atom stereocenters. The summed E-state index contributed by atoms with van der Waals surface area (Å²) in [7, 11) is -3.68. The highest BCUT2D eigenvalue weighted by atomic mass is 32.2. The van der Waals surface area contributed by atoms with Gasteiger partial charge in [-0.1, -0.05) is 30.3 Å². The van der Waals surface area contributed by atoms with E-state index in [1.807, 2.05) is 12.1 Å². The van der Waals surface area contributed by atoms with Gasteiger partial charge in [0.1, 0.15) is 0 Å². The molecule has 1 heterocycles. The number of non-ortho nitro benzene ring substituents is 1. The molecule has 3 rings (SSSR count). The highest BCUT2D eigenvalue weighted by Gasteiger charge is 2.22. The Bertz CT molecular complexity index is 1130. The van der Waals surface area contributed by atoms with Crippen molar-refractivity contribution in [2.24, 2.45) is 0 Å². The molecule has 1 fully saturated rings. The van der Waals surface area contributed by atoms with Crippen LogP contribution < -0.4 is 9.62 Å².